The van der Waals surface area contributed by atoms with Crippen molar-refractivity contribution >= 4 is 22.6 Å². The van der Waals surface area contributed by atoms with E-state index in [1.54, 1.807) is 28.3 Å². The quantitative estimate of drug-likeness (QED) is 0.148. The summed E-state index contributed by atoms with van der Waals surface area (Å²) in [5.41, 5.74) is 1.12. The zero-order valence-corrected chi connectivity index (χ0v) is 25.9. The molecule has 5 rings (SSSR count). The van der Waals surface area contributed by atoms with E-state index in [9.17, 15) is 9.59 Å². The van der Waals surface area contributed by atoms with Crippen LogP contribution in [0.5, 0.6) is 11.5 Å². The number of nitrogens with zero attached hydrogens (tertiary/aromatic N) is 1. The Morgan fingerprint density at radius 2 is 1.40 bits per heavy atom. The van der Waals surface area contributed by atoms with Crippen molar-refractivity contribution in [2.75, 3.05) is 27.9 Å². The molecule has 1 aliphatic heterocycles. The molecule has 0 aliphatic carbocycles. The van der Waals surface area contributed by atoms with Crippen LogP contribution < -0.4 is 20.7 Å². The molecule has 0 unspecified atom stereocenters. The first-order valence-corrected chi connectivity index (χ1v) is 14.7. The molecule has 4 aromatic rings. The Balaban J connectivity index is 1.57. The predicted molar refractivity (Wildman–Crippen MR) is 167 cm³/mol. The molecule has 1 aliphatic rings. The van der Waals surface area contributed by atoms with Gasteiger partial charge in [0, 0.05) is 18.9 Å². The number of aryl methyl sites for hydroxylation is 1. The molecule has 4 atom stereocenters. The summed E-state index contributed by atoms with van der Waals surface area (Å²) in [7, 11) is 4.85. The van der Waals surface area contributed by atoms with E-state index in [2.05, 4.69) is 27.6 Å². The number of hydrogen-bond donors (Lipinski definition) is 1. The van der Waals surface area contributed by atoms with Gasteiger partial charge in [0.2, 0.25) is 0 Å². The van der Waals surface area contributed by atoms with Gasteiger partial charge in [0.05, 0.1) is 30.9 Å². The second-order valence-electron chi connectivity index (χ2n) is 10.0. The molecule has 1 fully saturated rings. The fourth-order valence-electron chi connectivity index (χ4n) is 5.36. The van der Waals surface area contributed by atoms with Gasteiger partial charge in [0.1, 0.15) is 23.2 Å². The van der Waals surface area contributed by atoms with Crippen molar-refractivity contribution in [2.45, 2.75) is 34.9 Å². The fraction of sp³-hybridized carbons (Fsp3) is 0.312. The highest BCUT2D eigenvalue weighted by Crippen LogP contribution is 2.43. The van der Waals surface area contributed by atoms with Crippen LogP contribution in [0.15, 0.2) is 94.6 Å². The molecule has 9 nitrogen and oxygen atoms in total. The minimum atomic E-state index is -1.02. The van der Waals surface area contributed by atoms with Crippen molar-refractivity contribution in [3.05, 3.63) is 128 Å². The summed E-state index contributed by atoms with van der Waals surface area (Å²) in [6, 6.07) is 25.6. The highest BCUT2D eigenvalue weighted by molar-refractivity contribution is 14.1. The number of aromatic nitrogens is 2. The molecule has 42 heavy (non-hydrogen) atoms. The Kier molecular flexibility index (Phi) is 9.16. The summed E-state index contributed by atoms with van der Waals surface area (Å²) in [5.74, 6) is 1.46. The molecule has 1 aromatic heterocycles. The Labute approximate surface area is 257 Å². The van der Waals surface area contributed by atoms with Crippen LogP contribution in [0.25, 0.3) is 0 Å². The molecule has 3 aromatic carbocycles. The number of ether oxygens (including phenoxy) is 5. The second-order valence-corrected chi connectivity index (χ2v) is 11.4. The van der Waals surface area contributed by atoms with Crippen LogP contribution in [0.4, 0.5) is 0 Å². The zero-order valence-electron chi connectivity index (χ0n) is 23.8. The van der Waals surface area contributed by atoms with Gasteiger partial charge in [-0.1, -0.05) is 77.2 Å². The SMILES string of the molecule is COc1ccc(C(OC[C@H]2O[C@@H](n3cc(C)c(=O)[nH]c3=O)[C@H](OC)[C@H]2I)(c2ccccc2)c2ccc(OC)cc2)cc1. The third-order valence-corrected chi connectivity index (χ3v) is 9.10. The third-order valence-electron chi connectivity index (χ3n) is 7.59. The van der Waals surface area contributed by atoms with Crippen LogP contribution >= 0.6 is 22.6 Å². The van der Waals surface area contributed by atoms with Crippen LogP contribution in [-0.4, -0.2) is 53.6 Å². The number of halogens is 1. The summed E-state index contributed by atoms with van der Waals surface area (Å²) >= 11 is 2.29. The molecule has 0 amide bonds. The number of alkyl halides is 1. The Hall–Kier alpha value is -3.45. The topological polar surface area (TPSA) is 101 Å². The maximum absolute atomic E-state index is 12.7. The molecule has 1 N–H and O–H groups in total. The molecule has 0 radical (unpaired) electrons. The Morgan fingerprint density at radius 1 is 0.857 bits per heavy atom. The van der Waals surface area contributed by atoms with E-state index >= 15 is 0 Å². The fourth-order valence-corrected chi connectivity index (χ4v) is 6.38. The minimum absolute atomic E-state index is 0.169. The maximum atomic E-state index is 12.7. The van der Waals surface area contributed by atoms with Crippen molar-refractivity contribution in [3.8, 4) is 11.5 Å². The van der Waals surface area contributed by atoms with E-state index < -0.39 is 35.3 Å². The molecule has 0 bridgehead atoms. The normalized spacial score (nSPS) is 20.4. The third kappa shape index (κ3) is 5.63. The van der Waals surface area contributed by atoms with Crippen molar-refractivity contribution in [2.24, 2.45) is 0 Å². The number of H-pyrrole nitrogens is 1. The molecule has 2 heterocycles. The van der Waals surface area contributed by atoms with E-state index in [-0.39, 0.29) is 10.5 Å². The van der Waals surface area contributed by atoms with E-state index in [4.69, 9.17) is 23.7 Å². The lowest BCUT2D eigenvalue weighted by molar-refractivity contribution is -0.0910. The van der Waals surface area contributed by atoms with Crippen molar-refractivity contribution in [3.63, 3.8) is 0 Å². The summed E-state index contributed by atoms with van der Waals surface area (Å²) in [6.07, 6.45) is -0.149. The van der Waals surface area contributed by atoms with Gasteiger partial charge < -0.3 is 23.7 Å². The van der Waals surface area contributed by atoms with Gasteiger partial charge in [-0.3, -0.25) is 14.3 Å². The number of methoxy groups -OCH3 is 3. The lowest BCUT2D eigenvalue weighted by Crippen LogP contribution is -2.38. The average Bonchev–Trinajstić information content (AvgIpc) is 3.34. The molecular weight excluding hydrogens is 651 g/mol. The largest absolute Gasteiger partial charge is 0.497 e. The first kappa shape index (κ1) is 30.0. The first-order valence-electron chi connectivity index (χ1n) is 13.4. The van der Waals surface area contributed by atoms with E-state index in [0.717, 1.165) is 28.2 Å². The number of hydrogen-bond acceptors (Lipinski definition) is 7. The van der Waals surface area contributed by atoms with Crippen molar-refractivity contribution < 1.29 is 23.7 Å². The van der Waals surface area contributed by atoms with E-state index in [1.807, 2.05) is 78.9 Å². The van der Waals surface area contributed by atoms with Gasteiger partial charge in [-0.25, -0.2) is 4.79 Å². The van der Waals surface area contributed by atoms with Gasteiger partial charge in [-0.05, 0) is 47.9 Å². The van der Waals surface area contributed by atoms with Crippen LogP contribution in [-0.2, 0) is 19.8 Å². The van der Waals surface area contributed by atoms with Gasteiger partial charge in [-0.15, -0.1) is 0 Å². The number of benzene rings is 3. The highest BCUT2D eigenvalue weighted by atomic mass is 127. The van der Waals surface area contributed by atoms with Crippen LogP contribution in [0, 0.1) is 6.92 Å². The number of rotatable bonds is 10. The minimum Gasteiger partial charge on any atom is -0.497 e. The molecular formula is C32H33IN2O7. The lowest BCUT2D eigenvalue weighted by atomic mass is 9.80. The van der Waals surface area contributed by atoms with Gasteiger partial charge in [0.25, 0.3) is 5.56 Å². The zero-order chi connectivity index (χ0) is 29.9. The monoisotopic (exact) mass is 684 g/mol. The van der Waals surface area contributed by atoms with Crippen molar-refractivity contribution in [1.29, 1.82) is 0 Å². The van der Waals surface area contributed by atoms with Crippen LogP contribution in [0.1, 0.15) is 28.5 Å². The standard InChI is InChI=1S/C32H33IN2O7/c1-20-18-35(31(37)34-29(20)36)30-28(40-4)27(33)26(42-30)19-41-32(21-8-6-5-7-9-21,22-10-14-24(38-2)15-11-22)23-12-16-25(39-3)17-13-23/h5-18,26-28,30H,19H2,1-4H3,(H,34,36,37)/t26-,27+,28-,30-/m1/s1. The highest BCUT2D eigenvalue weighted by Gasteiger charge is 2.47. The predicted octanol–water partition coefficient (Wildman–Crippen LogP) is 4.59. The summed E-state index contributed by atoms with van der Waals surface area (Å²) in [4.78, 5) is 27.1. The lowest BCUT2D eigenvalue weighted by Gasteiger charge is -2.37. The molecule has 220 valence electrons. The number of aromatic amines is 1. The average molecular weight is 685 g/mol. The Morgan fingerprint density at radius 3 is 1.93 bits per heavy atom. The van der Waals surface area contributed by atoms with E-state index in [0.29, 0.717) is 5.56 Å². The molecule has 10 heteroatoms. The van der Waals surface area contributed by atoms with E-state index in [1.165, 1.54) is 10.8 Å². The van der Waals surface area contributed by atoms with Gasteiger partial charge in [-0.2, -0.15) is 0 Å². The Bertz CT molecular complexity index is 1560. The molecule has 0 spiro atoms. The first-order chi connectivity index (χ1) is 20.3. The maximum Gasteiger partial charge on any atom is 0.330 e. The summed E-state index contributed by atoms with van der Waals surface area (Å²) in [6.45, 7) is 1.82. The summed E-state index contributed by atoms with van der Waals surface area (Å²) in [5, 5.41) is 0. The van der Waals surface area contributed by atoms with Gasteiger partial charge in [0.15, 0.2) is 6.23 Å². The second kappa shape index (κ2) is 12.8. The number of nitrogens with one attached hydrogen (secondary N) is 1. The smallest absolute Gasteiger partial charge is 0.330 e. The summed E-state index contributed by atoms with van der Waals surface area (Å²) < 4.78 is 31.4. The molecule has 1 saturated heterocycles. The van der Waals surface area contributed by atoms with Gasteiger partial charge >= 0.3 is 5.69 Å². The van der Waals surface area contributed by atoms with Crippen LogP contribution in [0.2, 0.25) is 0 Å². The molecule has 0 saturated carbocycles. The van der Waals surface area contributed by atoms with Crippen molar-refractivity contribution in [1.82, 2.24) is 9.55 Å². The van der Waals surface area contributed by atoms with Crippen LogP contribution in [0.3, 0.4) is 0 Å².